The molecular weight excluding hydrogens is 294 g/mol. The highest BCUT2D eigenvalue weighted by molar-refractivity contribution is 5.88. The van der Waals surface area contributed by atoms with Crippen molar-refractivity contribution in [2.75, 3.05) is 6.54 Å². The van der Waals surface area contributed by atoms with Gasteiger partial charge in [0.15, 0.2) is 0 Å². The zero-order valence-corrected chi connectivity index (χ0v) is 13.5. The number of rotatable bonds is 7. The number of benzene rings is 1. The van der Waals surface area contributed by atoms with Crippen LogP contribution in [-0.2, 0) is 20.8 Å². The van der Waals surface area contributed by atoms with Crippen LogP contribution in [0.5, 0.6) is 0 Å². The number of carboxylic acid groups (broad SMARTS) is 1. The van der Waals surface area contributed by atoms with Gasteiger partial charge in [-0.3, -0.25) is 9.59 Å². The summed E-state index contributed by atoms with van der Waals surface area (Å²) in [5, 5.41) is 9.08. The molecule has 1 amide bonds. The van der Waals surface area contributed by atoms with Gasteiger partial charge in [0.1, 0.15) is 11.8 Å². The van der Waals surface area contributed by atoms with Crippen molar-refractivity contribution in [3.05, 3.63) is 35.4 Å². The second-order valence-corrected chi connectivity index (χ2v) is 6.11. The van der Waals surface area contributed by atoms with Crippen LogP contribution in [0, 0.1) is 6.92 Å². The number of ketones is 1. The molecule has 0 bridgehead atoms. The van der Waals surface area contributed by atoms with Crippen LogP contribution in [0.25, 0.3) is 0 Å². The molecule has 0 aromatic heterocycles. The van der Waals surface area contributed by atoms with E-state index in [1.165, 1.54) is 10.5 Å². The Labute approximate surface area is 136 Å². The third kappa shape index (κ3) is 4.91. The van der Waals surface area contributed by atoms with Crippen molar-refractivity contribution in [2.45, 2.75) is 51.5 Å². The van der Waals surface area contributed by atoms with Crippen molar-refractivity contribution < 1.29 is 19.5 Å². The number of hydrogen-bond acceptors (Lipinski definition) is 3. The van der Waals surface area contributed by atoms with E-state index in [9.17, 15) is 14.4 Å². The Hall–Kier alpha value is -2.17. The third-order valence-corrected chi connectivity index (χ3v) is 4.29. The summed E-state index contributed by atoms with van der Waals surface area (Å²) in [6.07, 6.45) is 2.60. The van der Waals surface area contributed by atoms with Crippen LogP contribution in [0.2, 0.25) is 0 Å². The Morgan fingerprint density at radius 3 is 2.48 bits per heavy atom. The van der Waals surface area contributed by atoms with Crippen molar-refractivity contribution in [3.8, 4) is 0 Å². The summed E-state index contributed by atoms with van der Waals surface area (Å²) >= 11 is 0. The first-order valence-corrected chi connectivity index (χ1v) is 8.07. The lowest BCUT2D eigenvalue weighted by Gasteiger charge is -2.21. The predicted octanol–water partition coefficient (Wildman–Crippen LogP) is 2.35. The number of carbonyl (C=O) groups is 3. The van der Waals surface area contributed by atoms with E-state index in [0.29, 0.717) is 32.2 Å². The fraction of sp³-hybridized carbons (Fsp3) is 0.500. The zero-order valence-electron chi connectivity index (χ0n) is 13.5. The topological polar surface area (TPSA) is 74.7 Å². The second kappa shape index (κ2) is 7.90. The van der Waals surface area contributed by atoms with E-state index in [1.807, 2.05) is 31.2 Å². The van der Waals surface area contributed by atoms with Crippen molar-refractivity contribution in [3.63, 3.8) is 0 Å². The van der Waals surface area contributed by atoms with Crippen LogP contribution in [-0.4, -0.2) is 40.3 Å². The number of carbonyl (C=O) groups excluding carboxylic acids is 2. The molecule has 0 spiro atoms. The lowest BCUT2D eigenvalue weighted by atomic mass is 10.0. The average molecular weight is 317 g/mol. The molecule has 124 valence electrons. The van der Waals surface area contributed by atoms with Gasteiger partial charge in [0, 0.05) is 25.8 Å². The molecular formula is C18H23NO4. The van der Waals surface area contributed by atoms with Crippen LogP contribution >= 0.6 is 0 Å². The third-order valence-electron chi connectivity index (χ3n) is 4.29. The summed E-state index contributed by atoms with van der Waals surface area (Å²) in [4.78, 5) is 36.5. The van der Waals surface area contributed by atoms with Gasteiger partial charge in [-0.1, -0.05) is 29.8 Å². The molecule has 1 fully saturated rings. The van der Waals surface area contributed by atoms with Crippen LogP contribution in [0.1, 0.15) is 43.2 Å². The van der Waals surface area contributed by atoms with Crippen molar-refractivity contribution >= 4 is 17.7 Å². The normalized spacial score (nSPS) is 17.3. The van der Waals surface area contributed by atoms with Crippen molar-refractivity contribution in [1.29, 1.82) is 0 Å². The van der Waals surface area contributed by atoms with Gasteiger partial charge < -0.3 is 10.0 Å². The minimum absolute atomic E-state index is 0.0463. The minimum atomic E-state index is -0.957. The smallest absolute Gasteiger partial charge is 0.326 e. The fourth-order valence-electron chi connectivity index (χ4n) is 2.88. The first kappa shape index (κ1) is 17.2. The van der Waals surface area contributed by atoms with Gasteiger partial charge in [0.2, 0.25) is 5.91 Å². The maximum absolute atomic E-state index is 12.1. The zero-order chi connectivity index (χ0) is 16.8. The van der Waals surface area contributed by atoms with E-state index < -0.39 is 12.0 Å². The Bertz CT molecular complexity index is 579. The largest absolute Gasteiger partial charge is 0.480 e. The highest BCUT2D eigenvalue weighted by atomic mass is 16.4. The molecule has 1 atom stereocenters. The highest BCUT2D eigenvalue weighted by Gasteiger charge is 2.33. The number of likely N-dealkylation sites (tertiary alicyclic amines) is 1. The Morgan fingerprint density at radius 2 is 1.83 bits per heavy atom. The molecule has 0 radical (unpaired) electrons. The summed E-state index contributed by atoms with van der Waals surface area (Å²) in [7, 11) is 0. The number of nitrogens with zero attached hydrogens (tertiary/aromatic N) is 1. The molecule has 1 aliphatic rings. The van der Waals surface area contributed by atoms with Crippen LogP contribution in [0.4, 0.5) is 0 Å². The number of Topliss-reactive ketones (excluding diaryl/α,β-unsaturated/α-hetero) is 1. The number of aliphatic carboxylic acids is 1. The molecule has 2 rings (SSSR count). The molecule has 1 aromatic rings. The van der Waals surface area contributed by atoms with Gasteiger partial charge in [0.05, 0.1) is 0 Å². The van der Waals surface area contributed by atoms with Crippen LogP contribution < -0.4 is 0 Å². The summed E-state index contributed by atoms with van der Waals surface area (Å²) in [6.45, 7) is 2.50. The van der Waals surface area contributed by atoms with E-state index in [0.717, 1.165) is 5.56 Å². The minimum Gasteiger partial charge on any atom is -0.480 e. The van der Waals surface area contributed by atoms with Gasteiger partial charge >= 0.3 is 5.97 Å². The number of carboxylic acids is 1. The molecule has 1 saturated heterocycles. The maximum atomic E-state index is 12.1. The van der Waals surface area contributed by atoms with Crippen LogP contribution in [0.3, 0.4) is 0 Å². The molecule has 1 aromatic carbocycles. The van der Waals surface area contributed by atoms with Crippen LogP contribution in [0.15, 0.2) is 24.3 Å². The number of amides is 1. The lowest BCUT2D eigenvalue weighted by Crippen LogP contribution is -2.40. The summed E-state index contributed by atoms with van der Waals surface area (Å²) in [5.41, 5.74) is 2.30. The summed E-state index contributed by atoms with van der Waals surface area (Å²) < 4.78 is 0. The molecule has 0 unspecified atom stereocenters. The molecule has 1 N–H and O–H groups in total. The predicted molar refractivity (Wildman–Crippen MR) is 86.1 cm³/mol. The molecule has 5 nitrogen and oxygen atoms in total. The number of aryl methyl sites for hydroxylation is 2. The van der Waals surface area contributed by atoms with Crippen molar-refractivity contribution in [1.82, 2.24) is 4.90 Å². The molecule has 0 aliphatic carbocycles. The molecule has 1 aliphatic heterocycles. The van der Waals surface area contributed by atoms with E-state index in [1.54, 1.807) is 0 Å². The SMILES string of the molecule is Cc1ccc(CCC(=O)CCC(=O)N2CCC[C@H]2C(=O)O)cc1. The molecule has 5 heteroatoms. The molecule has 0 saturated carbocycles. The van der Waals surface area contributed by atoms with Crippen molar-refractivity contribution in [2.24, 2.45) is 0 Å². The van der Waals surface area contributed by atoms with E-state index in [2.05, 4.69) is 0 Å². The molecule has 23 heavy (non-hydrogen) atoms. The Morgan fingerprint density at radius 1 is 1.13 bits per heavy atom. The quantitative estimate of drug-likeness (QED) is 0.837. The monoisotopic (exact) mass is 317 g/mol. The van der Waals surface area contributed by atoms with E-state index >= 15 is 0 Å². The first-order valence-electron chi connectivity index (χ1n) is 8.07. The molecule has 1 heterocycles. The van der Waals surface area contributed by atoms with Gasteiger partial charge in [-0.05, 0) is 31.7 Å². The fourth-order valence-corrected chi connectivity index (χ4v) is 2.88. The maximum Gasteiger partial charge on any atom is 0.326 e. The van der Waals surface area contributed by atoms with Gasteiger partial charge in [-0.25, -0.2) is 4.79 Å². The van der Waals surface area contributed by atoms with Gasteiger partial charge in [-0.15, -0.1) is 0 Å². The lowest BCUT2D eigenvalue weighted by molar-refractivity contribution is -0.148. The van der Waals surface area contributed by atoms with E-state index in [4.69, 9.17) is 5.11 Å². The van der Waals surface area contributed by atoms with E-state index in [-0.39, 0.29) is 24.5 Å². The second-order valence-electron chi connectivity index (χ2n) is 6.11. The Balaban J connectivity index is 1.74. The standard InChI is InChI=1S/C18H23NO4/c1-13-4-6-14(7-5-13)8-9-15(20)10-11-17(21)19-12-2-3-16(19)18(22)23/h4-7,16H,2-3,8-12H2,1H3,(H,22,23)/t16-/m0/s1. The van der Waals surface area contributed by atoms with Gasteiger partial charge in [-0.2, -0.15) is 0 Å². The highest BCUT2D eigenvalue weighted by Crippen LogP contribution is 2.19. The Kier molecular flexibility index (Phi) is 5.90. The average Bonchev–Trinajstić information content (AvgIpc) is 3.02. The van der Waals surface area contributed by atoms with Gasteiger partial charge in [0.25, 0.3) is 0 Å². The summed E-state index contributed by atoms with van der Waals surface area (Å²) in [6, 6.07) is 7.33. The number of hydrogen-bond donors (Lipinski definition) is 1. The summed E-state index contributed by atoms with van der Waals surface area (Å²) in [5.74, 6) is -1.13. The first-order chi connectivity index (χ1) is 11.0.